The standard InChI is InChI=1S/C21H26O2/c1-4-13-11-14-12-15(23-3)5-6-16(14)17-9-10-21(2)18(20(13)17)7-8-19(21)22/h5-8,12-13,17-18,20H,4,9-11H2,1-3H3/t13-,17-,18+,20-,21+/m1/s1. The molecular weight excluding hydrogens is 284 g/mol. The lowest BCUT2D eigenvalue weighted by Crippen LogP contribution is -2.46. The third-order valence-electron chi connectivity index (χ3n) is 6.91. The van der Waals surface area contributed by atoms with Gasteiger partial charge in [-0.2, -0.15) is 0 Å². The number of allylic oxidation sites excluding steroid dienone is 2. The van der Waals surface area contributed by atoms with Crippen molar-refractivity contribution in [2.24, 2.45) is 23.2 Å². The van der Waals surface area contributed by atoms with Crippen LogP contribution in [0.2, 0.25) is 0 Å². The van der Waals surface area contributed by atoms with Crippen molar-refractivity contribution in [3.05, 3.63) is 41.5 Å². The van der Waals surface area contributed by atoms with E-state index in [9.17, 15) is 4.79 Å². The van der Waals surface area contributed by atoms with E-state index in [1.807, 2.05) is 6.08 Å². The molecule has 0 unspecified atom stereocenters. The fourth-order valence-electron chi connectivity index (χ4n) is 5.57. The molecule has 23 heavy (non-hydrogen) atoms. The summed E-state index contributed by atoms with van der Waals surface area (Å²) < 4.78 is 5.43. The highest BCUT2D eigenvalue weighted by Gasteiger charge is 2.54. The molecule has 0 amide bonds. The molecule has 3 aliphatic carbocycles. The van der Waals surface area contributed by atoms with E-state index in [1.54, 1.807) is 7.11 Å². The average Bonchev–Trinajstić information content (AvgIpc) is 2.88. The number of hydrogen-bond acceptors (Lipinski definition) is 2. The molecule has 0 heterocycles. The molecule has 5 atom stereocenters. The number of ketones is 1. The molecule has 0 bridgehead atoms. The maximum absolute atomic E-state index is 12.4. The van der Waals surface area contributed by atoms with Crippen LogP contribution in [0.15, 0.2) is 30.4 Å². The van der Waals surface area contributed by atoms with Gasteiger partial charge in [-0.05, 0) is 72.3 Å². The minimum atomic E-state index is -0.140. The summed E-state index contributed by atoms with van der Waals surface area (Å²) in [5.41, 5.74) is 2.84. The number of methoxy groups -OCH3 is 1. The van der Waals surface area contributed by atoms with E-state index in [4.69, 9.17) is 4.74 Å². The predicted molar refractivity (Wildman–Crippen MR) is 91.7 cm³/mol. The lowest BCUT2D eigenvalue weighted by molar-refractivity contribution is -0.127. The van der Waals surface area contributed by atoms with Crippen molar-refractivity contribution in [2.75, 3.05) is 7.11 Å². The van der Waals surface area contributed by atoms with Crippen LogP contribution in [0.4, 0.5) is 0 Å². The largest absolute Gasteiger partial charge is 0.497 e. The minimum Gasteiger partial charge on any atom is -0.497 e. The molecule has 0 N–H and O–H groups in total. The minimum absolute atomic E-state index is 0.140. The zero-order valence-corrected chi connectivity index (χ0v) is 14.3. The van der Waals surface area contributed by atoms with Gasteiger partial charge in [0.15, 0.2) is 5.78 Å². The Hall–Kier alpha value is -1.57. The molecule has 0 saturated heterocycles. The fraction of sp³-hybridized carbons (Fsp3) is 0.571. The fourth-order valence-corrected chi connectivity index (χ4v) is 5.57. The van der Waals surface area contributed by atoms with Gasteiger partial charge < -0.3 is 4.74 Å². The van der Waals surface area contributed by atoms with Gasteiger partial charge in [0.25, 0.3) is 0 Å². The van der Waals surface area contributed by atoms with E-state index in [-0.39, 0.29) is 5.41 Å². The number of benzene rings is 1. The normalized spacial score (nSPS) is 38.0. The Kier molecular flexibility index (Phi) is 3.40. The van der Waals surface area contributed by atoms with Gasteiger partial charge in [0.1, 0.15) is 5.75 Å². The third-order valence-corrected chi connectivity index (χ3v) is 6.91. The number of rotatable bonds is 2. The second kappa shape index (κ2) is 5.22. The Balaban J connectivity index is 1.78. The molecule has 1 saturated carbocycles. The number of hydrogen-bond donors (Lipinski definition) is 0. The van der Waals surface area contributed by atoms with Crippen LogP contribution < -0.4 is 4.74 Å². The molecule has 122 valence electrons. The van der Waals surface area contributed by atoms with Crippen LogP contribution in [-0.4, -0.2) is 12.9 Å². The number of fused-ring (bicyclic) bond motifs is 5. The van der Waals surface area contributed by atoms with Gasteiger partial charge in [-0.25, -0.2) is 0 Å². The van der Waals surface area contributed by atoms with Gasteiger partial charge in [-0.15, -0.1) is 0 Å². The van der Waals surface area contributed by atoms with Gasteiger partial charge in [-0.3, -0.25) is 4.79 Å². The lowest BCUT2D eigenvalue weighted by atomic mass is 9.52. The summed E-state index contributed by atoms with van der Waals surface area (Å²) >= 11 is 0. The topological polar surface area (TPSA) is 26.3 Å². The summed E-state index contributed by atoms with van der Waals surface area (Å²) in [6.07, 6.45) is 8.57. The van der Waals surface area contributed by atoms with Crippen molar-refractivity contribution >= 4 is 5.78 Å². The smallest absolute Gasteiger partial charge is 0.161 e. The van der Waals surface area contributed by atoms with E-state index in [0.717, 1.165) is 25.0 Å². The zero-order valence-electron chi connectivity index (χ0n) is 14.3. The zero-order chi connectivity index (χ0) is 16.2. The second-order valence-corrected chi connectivity index (χ2v) is 7.83. The molecule has 2 nitrogen and oxygen atoms in total. The van der Waals surface area contributed by atoms with Gasteiger partial charge in [-0.1, -0.05) is 32.4 Å². The molecule has 1 aromatic carbocycles. The molecule has 0 spiro atoms. The van der Waals surface area contributed by atoms with Crippen molar-refractivity contribution in [2.45, 2.75) is 45.4 Å². The molecule has 1 aromatic rings. The van der Waals surface area contributed by atoms with Crippen molar-refractivity contribution in [3.63, 3.8) is 0 Å². The summed E-state index contributed by atoms with van der Waals surface area (Å²) in [6.45, 7) is 4.51. The van der Waals surface area contributed by atoms with Gasteiger partial charge in [0, 0.05) is 5.41 Å². The molecule has 3 aliphatic rings. The number of carbonyl (C=O) groups excluding carboxylic acids is 1. The summed E-state index contributed by atoms with van der Waals surface area (Å²) in [7, 11) is 1.74. The first-order valence-electron chi connectivity index (χ1n) is 8.98. The van der Waals surface area contributed by atoms with Crippen molar-refractivity contribution in [3.8, 4) is 5.75 Å². The van der Waals surface area contributed by atoms with Crippen LogP contribution in [0.1, 0.15) is 50.2 Å². The highest BCUT2D eigenvalue weighted by atomic mass is 16.5. The van der Waals surface area contributed by atoms with Crippen LogP contribution in [0, 0.1) is 23.2 Å². The first-order valence-corrected chi connectivity index (χ1v) is 8.98. The van der Waals surface area contributed by atoms with E-state index in [1.165, 1.54) is 17.5 Å². The third kappa shape index (κ3) is 2.03. The quantitative estimate of drug-likeness (QED) is 0.802. The van der Waals surface area contributed by atoms with Gasteiger partial charge in [0.05, 0.1) is 7.11 Å². The molecule has 4 rings (SSSR count). The molecule has 0 aromatic heterocycles. The molecule has 2 heteroatoms. The summed E-state index contributed by atoms with van der Waals surface area (Å²) in [5, 5.41) is 0. The Bertz CT molecular complexity index is 674. The Morgan fingerprint density at radius 1 is 1.35 bits per heavy atom. The van der Waals surface area contributed by atoms with Gasteiger partial charge >= 0.3 is 0 Å². The Labute approximate surface area is 138 Å². The van der Waals surface area contributed by atoms with Crippen LogP contribution in [-0.2, 0) is 11.2 Å². The first kappa shape index (κ1) is 15.0. The van der Waals surface area contributed by atoms with Crippen LogP contribution >= 0.6 is 0 Å². The van der Waals surface area contributed by atoms with E-state index < -0.39 is 0 Å². The van der Waals surface area contributed by atoms with E-state index in [2.05, 4.69) is 38.1 Å². The molecular formula is C21H26O2. The Morgan fingerprint density at radius 3 is 2.91 bits per heavy atom. The highest BCUT2D eigenvalue weighted by Crippen LogP contribution is 2.59. The maximum Gasteiger partial charge on any atom is 0.161 e. The van der Waals surface area contributed by atoms with Crippen LogP contribution in [0.5, 0.6) is 5.75 Å². The second-order valence-electron chi connectivity index (χ2n) is 7.83. The van der Waals surface area contributed by atoms with Crippen LogP contribution in [0.3, 0.4) is 0 Å². The molecule has 1 fully saturated rings. The van der Waals surface area contributed by atoms with Crippen molar-refractivity contribution in [1.29, 1.82) is 0 Å². The first-order chi connectivity index (χ1) is 11.1. The Morgan fingerprint density at radius 2 is 2.17 bits per heavy atom. The van der Waals surface area contributed by atoms with Crippen molar-refractivity contribution < 1.29 is 9.53 Å². The summed E-state index contributed by atoms with van der Waals surface area (Å²) in [4.78, 5) is 12.4. The number of ether oxygens (including phenoxy) is 1. The van der Waals surface area contributed by atoms with Crippen LogP contribution in [0.25, 0.3) is 0 Å². The van der Waals surface area contributed by atoms with E-state index >= 15 is 0 Å². The average molecular weight is 310 g/mol. The van der Waals surface area contributed by atoms with Gasteiger partial charge in [0.2, 0.25) is 0 Å². The lowest BCUT2D eigenvalue weighted by Gasteiger charge is -2.51. The van der Waals surface area contributed by atoms with Crippen molar-refractivity contribution in [1.82, 2.24) is 0 Å². The molecule has 0 aliphatic heterocycles. The number of carbonyl (C=O) groups is 1. The summed E-state index contributed by atoms with van der Waals surface area (Å²) in [6, 6.07) is 6.62. The van der Waals surface area contributed by atoms with E-state index in [0.29, 0.717) is 29.5 Å². The SMILES string of the molecule is CC[C@@H]1Cc2cc(OC)ccc2[C@H]2CC[C@]3(C)C(=O)C=C[C@H]3[C@H]12. The monoisotopic (exact) mass is 310 g/mol. The highest BCUT2D eigenvalue weighted by molar-refractivity contribution is 5.97. The maximum atomic E-state index is 12.4. The summed E-state index contributed by atoms with van der Waals surface area (Å²) in [5.74, 6) is 3.63. The molecule has 0 radical (unpaired) electrons. The predicted octanol–water partition coefficient (Wildman–Crippen LogP) is 4.53.